The predicted octanol–water partition coefficient (Wildman–Crippen LogP) is 0.971. The van der Waals surface area contributed by atoms with Gasteiger partial charge in [0.2, 0.25) is 0 Å². The van der Waals surface area contributed by atoms with Gasteiger partial charge >= 0.3 is 5.69 Å². The van der Waals surface area contributed by atoms with Crippen LogP contribution in [0.3, 0.4) is 0 Å². The van der Waals surface area contributed by atoms with Crippen LogP contribution >= 0.6 is 0 Å². The third-order valence-corrected chi connectivity index (χ3v) is 3.23. The normalized spacial score (nSPS) is 17.2. The minimum Gasteiger partial charge on any atom is -0.295 e. The molecule has 0 aliphatic heterocycles. The van der Waals surface area contributed by atoms with E-state index in [1.807, 2.05) is 6.92 Å². The lowest BCUT2D eigenvalue weighted by Gasteiger charge is -2.17. The van der Waals surface area contributed by atoms with Crippen LogP contribution < -0.4 is 11.2 Å². The first-order valence-corrected chi connectivity index (χ1v) is 5.40. The Hall–Kier alpha value is -1.32. The summed E-state index contributed by atoms with van der Waals surface area (Å²) in [6, 6.07) is 1.84. The number of hydrogen-bond donors (Lipinski definition) is 0. The molecule has 2 rings (SSSR count). The summed E-state index contributed by atoms with van der Waals surface area (Å²) in [5.41, 5.74) is 0.397. The quantitative estimate of drug-likeness (QED) is 0.690. The Bertz CT molecular complexity index is 478. The van der Waals surface area contributed by atoms with E-state index in [4.69, 9.17) is 0 Å². The van der Waals surface area contributed by atoms with Crippen LogP contribution in [0.5, 0.6) is 0 Å². The van der Waals surface area contributed by atoms with Crippen LogP contribution in [0.4, 0.5) is 0 Å². The van der Waals surface area contributed by atoms with Crippen LogP contribution in [0.25, 0.3) is 0 Å². The average Bonchev–Trinajstić information content (AvgIpc) is 2.68. The molecule has 1 aromatic heterocycles. The molecular formula is C11H16N2O2. The highest BCUT2D eigenvalue weighted by molar-refractivity contribution is 5.02. The smallest absolute Gasteiger partial charge is 0.295 e. The van der Waals surface area contributed by atoms with Gasteiger partial charge in [0.05, 0.1) is 0 Å². The van der Waals surface area contributed by atoms with Gasteiger partial charge in [-0.05, 0) is 19.8 Å². The molecule has 15 heavy (non-hydrogen) atoms. The third-order valence-electron chi connectivity index (χ3n) is 3.23. The summed E-state index contributed by atoms with van der Waals surface area (Å²) in [4.78, 5) is 23.3. The van der Waals surface area contributed by atoms with E-state index in [0.717, 1.165) is 18.5 Å². The standard InChI is InChI=1S/C11H16N2O2/c1-8-7-10(14)12(2)11(15)13(8)9-5-3-4-6-9/h7,9H,3-6H2,1-2H3. The van der Waals surface area contributed by atoms with Gasteiger partial charge in [0, 0.05) is 24.8 Å². The lowest BCUT2D eigenvalue weighted by Crippen LogP contribution is -2.39. The summed E-state index contributed by atoms with van der Waals surface area (Å²) < 4.78 is 2.96. The minimum absolute atomic E-state index is 0.174. The van der Waals surface area contributed by atoms with Crippen LogP contribution in [-0.2, 0) is 7.05 Å². The van der Waals surface area contributed by atoms with E-state index in [2.05, 4.69) is 0 Å². The summed E-state index contributed by atoms with van der Waals surface area (Å²) in [6.07, 6.45) is 4.47. The summed E-state index contributed by atoms with van der Waals surface area (Å²) in [6.45, 7) is 1.83. The van der Waals surface area contributed by atoms with Gasteiger partial charge < -0.3 is 0 Å². The molecule has 1 aromatic rings. The number of aromatic nitrogens is 2. The summed E-state index contributed by atoms with van der Waals surface area (Å²) in [5, 5.41) is 0. The molecule has 0 aromatic carbocycles. The Morgan fingerprint density at radius 1 is 1.27 bits per heavy atom. The highest BCUT2D eigenvalue weighted by atomic mass is 16.2. The summed E-state index contributed by atoms with van der Waals surface area (Å²) in [7, 11) is 1.54. The van der Waals surface area contributed by atoms with E-state index >= 15 is 0 Å². The number of hydrogen-bond acceptors (Lipinski definition) is 2. The summed E-state index contributed by atoms with van der Waals surface area (Å²) >= 11 is 0. The lowest BCUT2D eigenvalue weighted by atomic mass is 10.2. The molecular weight excluding hydrogens is 192 g/mol. The second-order valence-electron chi connectivity index (χ2n) is 4.27. The van der Waals surface area contributed by atoms with Crippen molar-refractivity contribution in [1.29, 1.82) is 0 Å². The maximum atomic E-state index is 11.9. The molecule has 1 heterocycles. The molecule has 0 bridgehead atoms. The predicted molar refractivity (Wildman–Crippen MR) is 58.2 cm³/mol. The molecule has 0 N–H and O–H groups in total. The van der Waals surface area contributed by atoms with Gasteiger partial charge in [-0.25, -0.2) is 4.79 Å². The zero-order valence-electron chi connectivity index (χ0n) is 9.19. The molecule has 1 aliphatic rings. The van der Waals surface area contributed by atoms with Gasteiger partial charge in [0.25, 0.3) is 5.56 Å². The Balaban J connectivity index is 2.60. The van der Waals surface area contributed by atoms with Gasteiger partial charge in [-0.15, -0.1) is 0 Å². The molecule has 0 unspecified atom stereocenters. The number of rotatable bonds is 1. The Kier molecular flexibility index (Phi) is 2.50. The number of nitrogens with zero attached hydrogens (tertiary/aromatic N) is 2. The fourth-order valence-electron chi connectivity index (χ4n) is 2.36. The average molecular weight is 208 g/mol. The van der Waals surface area contributed by atoms with Crippen molar-refractivity contribution in [3.05, 3.63) is 32.6 Å². The van der Waals surface area contributed by atoms with Crippen LogP contribution in [0.2, 0.25) is 0 Å². The van der Waals surface area contributed by atoms with E-state index < -0.39 is 0 Å². The molecule has 4 heteroatoms. The SMILES string of the molecule is Cc1cc(=O)n(C)c(=O)n1C1CCCC1. The first-order valence-electron chi connectivity index (χ1n) is 5.40. The third kappa shape index (κ3) is 1.64. The molecule has 1 saturated carbocycles. The first-order chi connectivity index (χ1) is 7.11. The Labute approximate surface area is 88.2 Å². The molecule has 82 valence electrons. The van der Waals surface area contributed by atoms with Gasteiger partial charge in [-0.1, -0.05) is 12.8 Å². The van der Waals surface area contributed by atoms with Gasteiger partial charge in [0.1, 0.15) is 0 Å². The van der Waals surface area contributed by atoms with Gasteiger partial charge in [0.15, 0.2) is 0 Å². The zero-order chi connectivity index (χ0) is 11.0. The molecule has 0 amide bonds. The van der Waals surface area contributed by atoms with E-state index in [-0.39, 0.29) is 11.2 Å². The van der Waals surface area contributed by atoms with Crippen molar-refractivity contribution in [1.82, 2.24) is 9.13 Å². The monoisotopic (exact) mass is 208 g/mol. The minimum atomic E-state index is -0.216. The lowest BCUT2D eigenvalue weighted by molar-refractivity contribution is 0.462. The van der Waals surface area contributed by atoms with E-state index in [1.165, 1.54) is 24.5 Å². The van der Waals surface area contributed by atoms with Gasteiger partial charge in [-0.2, -0.15) is 0 Å². The van der Waals surface area contributed by atoms with E-state index in [1.54, 1.807) is 10.6 Å². The highest BCUT2D eigenvalue weighted by Crippen LogP contribution is 2.28. The van der Waals surface area contributed by atoms with E-state index in [0.29, 0.717) is 6.04 Å². The van der Waals surface area contributed by atoms with Gasteiger partial charge in [-0.3, -0.25) is 13.9 Å². The fourth-order valence-corrected chi connectivity index (χ4v) is 2.36. The summed E-state index contributed by atoms with van der Waals surface area (Å²) in [5.74, 6) is 0. The molecule has 0 saturated heterocycles. The molecule has 0 spiro atoms. The van der Waals surface area contributed by atoms with Crippen LogP contribution in [0.15, 0.2) is 15.7 Å². The largest absolute Gasteiger partial charge is 0.331 e. The van der Waals surface area contributed by atoms with Crippen LogP contribution in [0, 0.1) is 6.92 Å². The first kappa shape index (κ1) is 10.2. The van der Waals surface area contributed by atoms with Crippen molar-refractivity contribution in [2.45, 2.75) is 38.6 Å². The van der Waals surface area contributed by atoms with Crippen LogP contribution in [0.1, 0.15) is 37.4 Å². The molecule has 1 fully saturated rings. The highest BCUT2D eigenvalue weighted by Gasteiger charge is 2.20. The van der Waals surface area contributed by atoms with Crippen molar-refractivity contribution in [3.63, 3.8) is 0 Å². The van der Waals surface area contributed by atoms with Crippen molar-refractivity contribution in [2.75, 3.05) is 0 Å². The van der Waals surface area contributed by atoms with Crippen molar-refractivity contribution >= 4 is 0 Å². The molecule has 4 nitrogen and oxygen atoms in total. The topological polar surface area (TPSA) is 44.0 Å². The van der Waals surface area contributed by atoms with E-state index in [9.17, 15) is 9.59 Å². The maximum absolute atomic E-state index is 11.9. The molecule has 0 atom stereocenters. The Morgan fingerprint density at radius 3 is 2.47 bits per heavy atom. The van der Waals surface area contributed by atoms with Crippen molar-refractivity contribution < 1.29 is 0 Å². The maximum Gasteiger partial charge on any atom is 0.331 e. The van der Waals surface area contributed by atoms with Crippen molar-refractivity contribution in [2.24, 2.45) is 7.05 Å². The number of aryl methyl sites for hydroxylation is 1. The van der Waals surface area contributed by atoms with Crippen molar-refractivity contribution in [3.8, 4) is 0 Å². The van der Waals surface area contributed by atoms with Crippen LogP contribution in [-0.4, -0.2) is 9.13 Å². The Morgan fingerprint density at radius 2 is 1.87 bits per heavy atom. The second-order valence-corrected chi connectivity index (χ2v) is 4.27. The zero-order valence-corrected chi connectivity index (χ0v) is 9.19. The molecule has 0 radical (unpaired) electrons. The molecule has 1 aliphatic carbocycles. The second kappa shape index (κ2) is 3.68. The fraction of sp³-hybridized carbons (Fsp3) is 0.636.